The summed E-state index contributed by atoms with van der Waals surface area (Å²) in [4.78, 5) is 25.9. The van der Waals surface area contributed by atoms with E-state index in [-0.39, 0.29) is 15.8 Å². The van der Waals surface area contributed by atoms with Gasteiger partial charge in [-0.15, -0.1) is 0 Å². The number of anilines is 1. The van der Waals surface area contributed by atoms with Crippen molar-refractivity contribution in [2.24, 2.45) is 0 Å². The molecule has 0 spiro atoms. The van der Waals surface area contributed by atoms with Gasteiger partial charge in [0.15, 0.2) is 11.5 Å². The van der Waals surface area contributed by atoms with E-state index in [1.807, 2.05) is 18.2 Å². The van der Waals surface area contributed by atoms with Crippen molar-refractivity contribution in [3.8, 4) is 17.4 Å². The van der Waals surface area contributed by atoms with Gasteiger partial charge in [-0.3, -0.25) is 9.36 Å². The molecule has 0 aliphatic carbocycles. The first-order valence-electron chi connectivity index (χ1n) is 11.1. The molecule has 9 nitrogen and oxygen atoms in total. The maximum atomic E-state index is 13.2. The molecule has 35 heavy (non-hydrogen) atoms. The van der Waals surface area contributed by atoms with E-state index in [0.717, 1.165) is 5.56 Å². The molecule has 2 heterocycles. The van der Waals surface area contributed by atoms with Crippen LogP contribution >= 0.6 is 23.4 Å². The smallest absolute Gasteiger partial charge is 0.243 e. The number of nitrogens with one attached hydrogen (secondary N) is 2. The van der Waals surface area contributed by atoms with E-state index in [1.54, 1.807) is 55.3 Å². The second kappa shape index (κ2) is 12.1. The van der Waals surface area contributed by atoms with Crippen LogP contribution < -0.4 is 20.1 Å². The molecule has 0 saturated heterocycles. The molecular formula is C24H31ClN6O3S. The lowest BCUT2D eigenvalue weighted by Crippen LogP contribution is -2.43. The average molecular weight is 519 g/mol. The van der Waals surface area contributed by atoms with E-state index < -0.39 is 6.04 Å². The minimum absolute atomic E-state index is 0.00878. The molecule has 1 aromatic carbocycles. The quantitative estimate of drug-likeness (QED) is 0.367. The highest BCUT2D eigenvalue weighted by Gasteiger charge is 2.23. The number of hydrogen-bond donors (Lipinski definition) is 2. The summed E-state index contributed by atoms with van der Waals surface area (Å²) in [5.41, 5.74) is 1.03. The molecule has 3 rings (SSSR count). The molecule has 1 atom stereocenters. The van der Waals surface area contributed by atoms with Crippen molar-refractivity contribution in [3.63, 3.8) is 0 Å². The Balaban J connectivity index is 1.69. The average Bonchev–Trinajstić information content (AvgIpc) is 3.35. The molecule has 0 fully saturated rings. The normalized spacial score (nSPS) is 12.2. The molecule has 0 aliphatic rings. The predicted octanol–water partition coefficient (Wildman–Crippen LogP) is 4.00. The van der Waals surface area contributed by atoms with Crippen LogP contribution in [0.1, 0.15) is 26.3 Å². The van der Waals surface area contributed by atoms with Crippen LogP contribution in [0.2, 0.25) is 5.15 Å². The Bertz CT molecular complexity index is 1120. The zero-order chi connectivity index (χ0) is 25.4. The van der Waals surface area contributed by atoms with Crippen molar-refractivity contribution in [1.82, 2.24) is 24.8 Å². The topological polar surface area (TPSA) is 103 Å². The van der Waals surface area contributed by atoms with Gasteiger partial charge in [-0.1, -0.05) is 38.4 Å². The maximum absolute atomic E-state index is 13.2. The number of halogens is 1. The van der Waals surface area contributed by atoms with E-state index in [2.05, 4.69) is 46.4 Å². The number of imidazole rings is 1. The minimum Gasteiger partial charge on any atom is -0.493 e. The van der Waals surface area contributed by atoms with Gasteiger partial charge in [-0.2, -0.15) is 16.7 Å². The molecule has 0 radical (unpaired) electrons. The largest absolute Gasteiger partial charge is 0.493 e. The van der Waals surface area contributed by atoms with Crippen molar-refractivity contribution in [3.05, 3.63) is 53.7 Å². The van der Waals surface area contributed by atoms with Gasteiger partial charge < -0.3 is 20.1 Å². The number of carbonyl (C=O) groups is 1. The van der Waals surface area contributed by atoms with E-state index in [0.29, 0.717) is 42.0 Å². The first-order valence-corrected chi connectivity index (χ1v) is 12.5. The zero-order valence-electron chi connectivity index (χ0n) is 20.5. The number of ether oxygens (including phenoxy) is 2. The molecule has 11 heteroatoms. The number of methoxy groups -OCH3 is 2. The van der Waals surface area contributed by atoms with Crippen LogP contribution in [0, 0.1) is 0 Å². The van der Waals surface area contributed by atoms with Gasteiger partial charge in [0.1, 0.15) is 23.3 Å². The van der Waals surface area contributed by atoms with E-state index in [1.165, 1.54) is 0 Å². The van der Waals surface area contributed by atoms with Crippen LogP contribution in [0.5, 0.6) is 11.5 Å². The summed E-state index contributed by atoms with van der Waals surface area (Å²) < 4.78 is 12.3. The summed E-state index contributed by atoms with van der Waals surface area (Å²) in [6.07, 6.45) is 5.59. The summed E-state index contributed by atoms with van der Waals surface area (Å²) in [6, 6.07) is 6.81. The molecular weight excluding hydrogens is 488 g/mol. The highest BCUT2D eigenvalue weighted by molar-refractivity contribution is 8.00. The lowest BCUT2D eigenvalue weighted by atomic mass is 10.1. The van der Waals surface area contributed by atoms with Gasteiger partial charge in [0.05, 0.1) is 14.2 Å². The number of amides is 1. The zero-order valence-corrected chi connectivity index (χ0v) is 22.1. The van der Waals surface area contributed by atoms with Crippen LogP contribution in [-0.2, 0) is 11.2 Å². The van der Waals surface area contributed by atoms with Crippen molar-refractivity contribution < 1.29 is 14.3 Å². The summed E-state index contributed by atoms with van der Waals surface area (Å²) in [5.74, 6) is 2.58. The lowest BCUT2D eigenvalue weighted by Gasteiger charge is -2.24. The molecule has 1 unspecified atom stereocenters. The first-order chi connectivity index (χ1) is 16.7. The number of benzene rings is 1. The van der Waals surface area contributed by atoms with Crippen LogP contribution in [-0.4, -0.2) is 62.7 Å². The fourth-order valence-corrected chi connectivity index (χ4v) is 4.24. The van der Waals surface area contributed by atoms with Crippen molar-refractivity contribution >= 4 is 35.1 Å². The lowest BCUT2D eigenvalue weighted by molar-refractivity contribution is -0.121. The number of thioether (sulfide) groups is 1. The van der Waals surface area contributed by atoms with E-state index >= 15 is 0 Å². The number of aromatic nitrogens is 4. The Morgan fingerprint density at radius 2 is 1.94 bits per heavy atom. The summed E-state index contributed by atoms with van der Waals surface area (Å²) >= 11 is 7.92. The number of rotatable bonds is 11. The van der Waals surface area contributed by atoms with Gasteiger partial charge in [0, 0.05) is 35.5 Å². The Hall–Kier alpha value is -2.98. The molecule has 1 amide bonds. The fourth-order valence-electron chi connectivity index (χ4n) is 3.16. The Kier molecular flexibility index (Phi) is 9.22. The van der Waals surface area contributed by atoms with Gasteiger partial charge in [0.2, 0.25) is 11.9 Å². The molecule has 0 aliphatic heterocycles. The number of nitrogens with zero attached hydrogens (tertiary/aromatic N) is 4. The third-order valence-corrected chi connectivity index (χ3v) is 6.46. The van der Waals surface area contributed by atoms with E-state index in [4.69, 9.17) is 21.1 Å². The minimum atomic E-state index is -0.522. The van der Waals surface area contributed by atoms with Crippen molar-refractivity contribution in [2.45, 2.75) is 38.0 Å². The summed E-state index contributed by atoms with van der Waals surface area (Å²) in [5, 5.41) is 6.54. The van der Waals surface area contributed by atoms with Gasteiger partial charge >= 0.3 is 0 Å². The summed E-state index contributed by atoms with van der Waals surface area (Å²) in [7, 11) is 3.20. The SMILES string of the molecule is COc1ccc(CCNC(=O)C(CSC(C)(C)C)Nc2cc(Cl)nc(-n3ccnc3)n2)cc1OC. The standard InChI is InChI=1S/C24H31ClN6O3S/c1-24(2,3)35-14-17(28-21-13-20(25)29-23(30-21)31-11-10-26-15-31)22(32)27-9-8-16-6-7-18(33-4)19(12-16)34-5/h6-7,10-13,15,17H,8-9,14H2,1-5H3,(H,27,32)(H,28,29,30). The number of hydrogen-bond acceptors (Lipinski definition) is 8. The van der Waals surface area contributed by atoms with E-state index in [9.17, 15) is 4.79 Å². The third kappa shape index (κ3) is 8.03. The predicted molar refractivity (Wildman–Crippen MR) is 140 cm³/mol. The third-order valence-electron chi connectivity index (χ3n) is 4.90. The molecule has 188 valence electrons. The monoisotopic (exact) mass is 518 g/mol. The number of carbonyl (C=O) groups excluding carboxylic acids is 1. The van der Waals surface area contributed by atoms with Crippen molar-refractivity contribution in [2.75, 3.05) is 31.8 Å². The highest BCUT2D eigenvalue weighted by atomic mass is 35.5. The summed E-state index contributed by atoms with van der Waals surface area (Å²) in [6.45, 7) is 6.81. The molecule has 3 aromatic rings. The maximum Gasteiger partial charge on any atom is 0.243 e. The van der Waals surface area contributed by atoms with Gasteiger partial charge in [0.25, 0.3) is 0 Å². The Labute approximate surface area is 215 Å². The Morgan fingerprint density at radius 3 is 2.60 bits per heavy atom. The first kappa shape index (κ1) is 26.6. The molecule has 0 bridgehead atoms. The second-order valence-corrected chi connectivity index (χ2v) is 10.9. The highest BCUT2D eigenvalue weighted by Crippen LogP contribution is 2.28. The molecule has 2 aromatic heterocycles. The van der Waals surface area contributed by atoms with Crippen LogP contribution in [0.25, 0.3) is 5.95 Å². The van der Waals surface area contributed by atoms with Crippen LogP contribution in [0.3, 0.4) is 0 Å². The second-order valence-electron chi connectivity index (χ2n) is 8.70. The van der Waals surface area contributed by atoms with Crippen LogP contribution in [0.15, 0.2) is 43.0 Å². The van der Waals surface area contributed by atoms with Gasteiger partial charge in [-0.25, -0.2) is 9.97 Å². The van der Waals surface area contributed by atoms with Crippen LogP contribution in [0.4, 0.5) is 5.82 Å². The van der Waals surface area contributed by atoms with Gasteiger partial charge in [-0.05, 0) is 24.1 Å². The Morgan fingerprint density at radius 1 is 1.17 bits per heavy atom. The molecule has 0 saturated carbocycles. The van der Waals surface area contributed by atoms with Crippen molar-refractivity contribution in [1.29, 1.82) is 0 Å². The fraction of sp³-hybridized carbons (Fsp3) is 0.417. The molecule has 2 N–H and O–H groups in total.